The van der Waals surface area contributed by atoms with Crippen LogP contribution in [-0.2, 0) is 11.2 Å². The number of hydrogen-bond donors (Lipinski definition) is 1. The maximum atomic E-state index is 12.2. The zero-order valence-corrected chi connectivity index (χ0v) is 14.4. The summed E-state index contributed by atoms with van der Waals surface area (Å²) in [6.07, 6.45) is 5.51. The molecule has 0 atom stereocenters. The Morgan fingerprint density at radius 3 is 2.63 bits per heavy atom. The highest BCUT2D eigenvalue weighted by molar-refractivity contribution is 5.90. The molecule has 134 valence electrons. The summed E-state index contributed by atoms with van der Waals surface area (Å²) < 4.78 is 7.37. The third kappa shape index (κ3) is 4.09. The Kier molecular flexibility index (Phi) is 4.74. The molecule has 0 unspecified atom stereocenters. The van der Waals surface area contributed by atoms with Crippen molar-refractivity contribution in [3.63, 3.8) is 0 Å². The quantitative estimate of drug-likeness (QED) is 0.569. The molecular weight excluding hydrogens is 342 g/mol. The van der Waals surface area contributed by atoms with Crippen LogP contribution < -0.4 is 5.32 Å². The fourth-order valence-corrected chi connectivity index (χ4v) is 2.64. The van der Waals surface area contributed by atoms with Gasteiger partial charge >= 0.3 is 0 Å². The van der Waals surface area contributed by atoms with Crippen LogP contribution in [0.4, 0.5) is 5.69 Å². The smallest absolute Gasteiger partial charge is 0.224 e. The molecule has 2 aromatic carbocycles. The minimum Gasteiger partial charge on any atom is -0.441 e. The molecule has 2 heterocycles. The highest BCUT2D eigenvalue weighted by Gasteiger charge is 2.09. The van der Waals surface area contributed by atoms with Gasteiger partial charge in [0.2, 0.25) is 5.91 Å². The van der Waals surface area contributed by atoms with Gasteiger partial charge in [-0.2, -0.15) is 5.10 Å². The van der Waals surface area contributed by atoms with Crippen molar-refractivity contribution in [2.24, 2.45) is 0 Å². The lowest BCUT2D eigenvalue weighted by Gasteiger charge is -2.06. The fourth-order valence-electron chi connectivity index (χ4n) is 2.64. The summed E-state index contributed by atoms with van der Waals surface area (Å²) in [5.74, 6) is 1.16. The van der Waals surface area contributed by atoms with Gasteiger partial charge in [0.15, 0.2) is 11.7 Å². The number of rotatable bonds is 6. The summed E-state index contributed by atoms with van der Waals surface area (Å²) in [4.78, 5) is 20.3. The first-order chi connectivity index (χ1) is 13.3. The molecule has 0 bridgehead atoms. The molecule has 1 N–H and O–H groups in total. The number of aryl methyl sites for hydroxylation is 1. The molecule has 4 aromatic rings. The number of carbonyl (C=O) groups is 1. The number of benzene rings is 2. The van der Waals surface area contributed by atoms with Gasteiger partial charge in [0.1, 0.15) is 12.7 Å². The molecule has 0 aliphatic heterocycles. The van der Waals surface area contributed by atoms with Crippen LogP contribution in [0.2, 0.25) is 0 Å². The molecule has 7 nitrogen and oxygen atoms in total. The first-order valence-electron chi connectivity index (χ1n) is 8.53. The van der Waals surface area contributed by atoms with Gasteiger partial charge in [0.05, 0.1) is 11.9 Å². The molecule has 1 amide bonds. The van der Waals surface area contributed by atoms with Crippen molar-refractivity contribution in [1.29, 1.82) is 0 Å². The van der Waals surface area contributed by atoms with Crippen LogP contribution >= 0.6 is 0 Å². The van der Waals surface area contributed by atoms with Gasteiger partial charge in [-0.15, -0.1) is 0 Å². The third-order valence-electron chi connectivity index (χ3n) is 4.01. The molecule has 0 saturated carbocycles. The Morgan fingerprint density at radius 1 is 1.07 bits per heavy atom. The van der Waals surface area contributed by atoms with Gasteiger partial charge in [-0.3, -0.25) is 4.79 Å². The molecule has 0 radical (unpaired) electrons. The van der Waals surface area contributed by atoms with Crippen LogP contribution in [0.15, 0.2) is 77.9 Å². The topological polar surface area (TPSA) is 85.8 Å². The third-order valence-corrected chi connectivity index (χ3v) is 4.01. The molecule has 0 aliphatic carbocycles. The van der Waals surface area contributed by atoms with E-state index in [-0.39, 0.29) is 5.91 Å². The van der Waals surface area contributed by atoms with Crippen LogP contribution in [0.25, 0.3) is 17.0 Å². The molecule has 0 saturated heterocycles. The molecule has 7 heteroatoms. The van der Waals surface area contributed by atoms with Crippen molar-refractivity contribution in [1.82, 2.24) is 19.7 Å². The van der Waals surface area contributed by atoms with E-state index in [9.17, 15) is 4.79 Å². The van der Waals surface area contributed by atoms with E-state index in [1.165, 1.54) is 6.33 Å². The van der Waals surface area contributed by atoms with E-state index >= 15 is 0 Å². The standard InChI is InChI=1S/C20H17N5O2/c26-19(24-16-6-8-17(9-7-16)25-14-21-13-23-25)10-11-20-22-12-18(27-20)15-4-2-1-3-5-15/h1-9,12-14H,10-11H2,(H,24,26). The van der Waals surface area contributed by atoms with Crippen LogP contribution in [0.1, 0.15) is 12.3 Å². The van der Waals surface area contributed by atoms with E-state index < -0.39 is 0 Å². The molecule has 27 heavy (non-hydrogen) atoms. The maximum Gasteiger partial charge on any atom is 0.224 e. The molecule has 4 rings (SSSR count). The van der Waals surface area contributed by atoms with E-state index in [2.05, 4.69) is 20.4 Å². The SMILES string of the molecule is O=C(CCc1ncc(-c2ccccc2)o1)Nc1ccc(-n2cncn2)cc1. The van der Waals surface area contributed by atoms with E-state index in [1.54, 1.807) is 17.2 Å². The van der Waals surface area contributed by atoms with E-state index in [0.717, 1.165) is 16.9 Å². The Hall–Kier alpha value is -3.74. The first kappa shape index (κ1) is 16.7. The zero-order chi connectivity index (χ0) is 18.5. The molecular formula is C20H17N5O2. The summed E-state index contributed by atoms with van der Waals surface area (Å²) >= 11 is 0. The summed E-state index contributed by atoms with van der Waals surface area (Å²) in [6.45, 7) is 0. The van der Waals surface area contributed by atoms with E-state index in [0.29, 0.717) is 24.5 Å². The summed E-state index contributed by atoms with van der Waals surface area (Å²) in [5, 5.41) is 6.93. The predicted molar refractivity (Wildman–Crippen MR) is 100 cm³/mol. The summed E-state index contributed by atoms with van der Waals surface area (Å²) in [5.41, 5.74) is 2.56. The highest BCUT2D eigenvalue weighted by atomic mass is 16.4. The number of carbonyl (C=O) groups excluding carboxylic acids is 1. The second-order valence-electron chi connectivity index (χ2n) is 5.92. The van der Waals surface area contributed by atoms with Gasteiger partial charge in [0, 0.05) is 24.1 Å². The number of aromatic nitrogens is 4. The largest absolute Gasteiger partial charge is 0.441 e. The van der Waals surface area contributed by atoms with Gasteiger partial charge in [-0.05, 0) is 24.3 Å². The number of nitrogens with zero attached hydrogens (tertiary/aromatic N) is 4. The minimum absolute atomic E-state index is 0.0945. The average Bonchev–Trinajstić information content (AvgIpc) is 3.40. The maximum absolute atomic E-state index is 12.2. The van der Waals surface area contributed by atoms with E-state index in [4.69, 9.17) is 4.42 Å². The number of anilines is 1. The highest BCUT2D eigenvalue weighted by Crippen LogP contribution is 2.20. The van der Waals surface area contributed by atoms with Gasteiger partial charge in [-0.25, -0.2) is 14.6 Å². The van der Waals surface area contributed by atoms with Gasteiger partial charge in [0.25, 0.3) is 0 Å². The van der Waals surface area contributed by atoms with Crippen molar-refractivity contribution in [2.45, 2.75) is 12.8 Å². The van der Waals surface area contributed by atoms with Crippen molar-refractivity contribution in [3.05, 3.63) is 79.3 Å². The predicted octanol–water partition coefficient (Wildman–Crippen LogP) is 3.49. The lowest BCUT2D eigenvalue weighted by atomic mass is 10.2. The van der Waals surface area contributed by atoms with Crippen molar-refractivity contribution in [2.75, 3.05) is 5.32 Å². The number of nitrogens with one attached hydrogen (secondary N) is 1. The van der Waals surface area contributed by atoms with Crippen LogP contribution in [0, 0.1) is 0 Å². The van der Waals surface area contributed by atoms with Crippen LogP contribution in [-0.4, -0.2) is 25.7 Å². The second-order valence-corrected chi connectivity index (χ2v) is 5.92. The zero-order valence-electron chi connectivity index (χ0n) is 14.4. The monoisotopic (exact) mass is 359 g/mol. The Labute approximate surface area is 155 Å². The molecule has 0 spiro atoms. The van der Waals surface area contributed by atoms with Crippen molar-refractivity contribution in [3.8, 4) is 17.0 Å². The Balaban J connectivity index is 1.32. The Bertz CT molecular complexity index is 1010. The van der Waals surface area contributed by atoms with Crippen LogP contribution in [0.5, 0.6) is 0 Å². The number of amides is 1. The van der Waals surface area contributed by atoms with Crippen molar-refractivity contribution >= 4 is 11.6 Å². The first-order valence-corrected chi connectivity index (χ1v) is 8.53. The van der Waals surface area contributed by atoms with Crippen LogP contribution in [0.3, 0.4) is 0 Å². The van der Waals surface area contributed by atoms with Crippen molar-refractivity contribution < 1.29 is 9.21 Å². The minimum atomic E-state index is -0.0945. The van der Waals surface area contributed by atoms with Gasteiger partial charge in [-0.1, -0.05) is 30.3 Å². The lowest BCUT2D eigenvalue weighted by Crippen LogP contribution is -2.12. The number of oxazole rings is 1. The Morgan fingerprint density at radius 2 is 1.89 bits per heavy atom. The number of hydrogen-bond acceptors (Lipinski definition) is 5. The fraction of sp³-hybridized carbons (Fsp3) is 0.100. The molecule has 2 aromatic heterocycles. The second kappa shape index (κ2) is 7.65. The molecule has 0 fully saturated rings. The normalized spacial score (nSPS) is 10.7. The summed E-state index contributed by atoms with van der Waals surface area (Å²) in [6, 6.07) is 17.1. The van der Waals surface area contributed by atoms with E-state index in [1.807, 2.05) is 54.6 Å². The average molecular weight is 359 g/mol. The summed E-state index contributed by atoms with van der Waals surface area (Å²) in [7, 11) is 0. The lowest BCUT2D eigenvalue weighted by molar-refractivity contribution is -0.116. The molecule has 0 aliphatic rings. The van der Waals surface area contributed by atoms with Gasteiger partial charge < -0.3 is 9.73 Å².